The first-order chi connectivity index (χ1) is 11.7. The molecular formula is C19H18N2O3. The van der Waals surface area contributed by atoms with Crippen LogP contribution in [0.5, 0.6) is 5.75 Å². The van der Waals surface area contributed by atoms with Crippen molar-refractivity contribution in [3.8, 4) is 17.1 Å². The lowest BCUT2D eigenvalue weighted by molar-refractivity contribution is 0.0931. The molecule has 0 bridgehead atoms. The van der Waals surface area contributed by atoms with Gasteiger partial charge >= 0.3 is 0 Å². The molecule has 1 amide bonds. The second kappa shape index (κ2) is 7.00. The minimum absolute atomic E-state index is 0.111. The molecule has 5 heteroatoms. The third-order valence-electron chi connectivity index (χ3n) is 3.76. The van der Waals surface area contributed by atoms with Gasteiger partial charge in [0.25, 0.3) is 5.91 Å². The molecule has 0 fully saturated rings. The van der Waals surface area contributed by atoms with Gasteiger partial charge in [0.05, 0.1) is 13.2 Å². The lowest BCUT2D eigenvalue weighted by Crippen LogP contribution is -2.26. The molecule has 0 aliphatic heterocycles. The Morgan fingerprint density at radius 2 is 1.83 bits per heavy atom. The molecule has 0 aliphatic rings. The van der Waals surface area contributed by atoms with Crippen molar-refractivity contribution in [1.82, 2.24) is 10.5 Å². The Kier molecular flexibility index (Phi) is 4.61. The van der Waals surface area contributed by atoms with E-state index in [1.807, 2.05) is 61.5 Å². The van der Waals surface area contributed by atoms with Crippen LogP contribution in [0.1, 0.15) is 29.0 Å². The van der Waals surface area contributed by atoms with Gasteiger partial charge in [-0.25, -0.2) is 0 Å². The average molecular weight is 322 g/mol. The smallest absolute Gasteiger partial charge is 0.273 e. The van der Waals surface area contributed by atoms with Gasteiger partial charge in [-0.2, -0.15) is 0 Å². The summed E-state index contributed by atoms with van der Waals surface area (Å²) in [7, 11) is 1.61. The molecule has 0 aliphatic carbocycles. The molecule has 1 heterocycles. The maximum absolute atomic E-state index is 12.3. The SMILES string of the molecule is COc1ccc(-c2cc(C(=O)NC(C)c3ccccc3)no2)cc1. The largest absolute Gasteiger partial charge is 0.497 e. The number of benzene rings is 2. The molecule has 122 valence electrons. The Labute approximate surface area is 140 Å². The van der Waals surface area contributed by atoms with E-state index < -0.39 is 0 Å². The summed E-state index contributed by atoms with van der Waals surface area (Å²) in [6.45, 7) is 1.93. The molecule has 3 rings (SSSR count). The summed E-state index contributed by atoms with van der Waals surface area (Å²) in [6, 6.07) is 18.6. The van der Waals surface area contributed by atoms with Crippen molar-refractivity contribution < 1.29 is 14.1 Å². The van der Waals surface area contributed by atoms with Crippen LogP contribution >= 0.6 is 0 Å². The molecule has 0 spiro atoms. The molecule has 24 heavy (non-hydrogen) atoms. The summed E-state index contributed by atoms with van der Waals surface area (Å²) in [5.41, 5.74) is 2.12. The highest BCUT2D eigenvalue weighted by atomic mass is 16.5. The number of hydrogen-bond donors (Lipinski definition) is 1. The number of amides is 1. The Bertz CT molecular complexity index is 810. The van der Waals surface area contributed by atoms with Gasteiger partial charge in [-0.15, -0.1) is 0 Å². The minimum Gasteiger partial charge on any atom is -0.497 e. The van der Waals surface area contributed by atoms with Crippen LogP contribution in [0.15, 0.2) is 65.2 Å². The Balaban J connectivity index is 1.71. The first-order valence-electron chi connectivity index (χ1n) is 7.64. The highest BCUT2D eigenvalue weighted by Gasteiger charge is 2.16. The summed E-state index contributed by atoms with van der Waals surface area (Å²) in [5, 5.41) is 6.78. The van der Waals surface area contributed by atoms with Gasteiger partial charge in [0.1, 0.15) is 5.75 Å². The Hall–Kier alpha value is -3.08. The highest BCUT2D eigenvalue weighted by molar-refractivity contribution is 5.93. The number of methoxy groups -OCH3 is 1. The van der Waals surface area contributed by atoms with Crippen molar-refractivity contribution in [3.63, 3.8) is 0 Å². The zero-order valence-corrected chi connectivity index (χ0v) is 13.5. The number of hydrogen-bond acceptors (Lipinski definition) is 4. The summed E-state index contributed by atoms with van der Waals surface area (Å²) < 4.78 is 10.4. The van der Waals surface area contributed by atoms with Crippen LogP contribution in [0.3, 0.4) is 0 Å². The summed E-state index contributed by atoms with van der Waals surface area (Å²) >= 11 is 0. The van der Waals surface area contributed by atoms with Gasteiger partial charge in [-0.05, 0) is 36.8 Å². The van der Waals surface area contributed by atoms with Gasteiger partial charge in [0.15, 0.2) is 11.5 Å². The zero-order chi connectivity index (χ0) is 16.9. The van der Waals surface area contributed by atoms with E-state index in [0.29, 0.717) is 5.76 Å². The van der Waals surface area contributed by atoms with E-state index in [0.717, 1.165) is 16.9 Å². The van der Waals surface area contributed by atoms with Crippen molar-refractivity contribution in [2.45, 2.75) is 13.0 Å². The van der Waals surface area contributed by atoms with Crippen molar-refractivity contribution in [2.24, 2.45) is 0 Å². The van der Waals surface area contributed by atoms with Gasteiger partial charge in [-0.3, -0.25) is 4.79 Å². The third kappa shape index (κ3) is 3.46. The molecule has 3 aromatic rings. The molecule has 0 radical (unpaired) electrons. The number of carbonyl (C=O) groups is 1. The zero-order valence-electron chi connectivity index (χ0n) is 13.5. The van der Waals surface area contributed by atoms with Gasteiger partial charge in [0.2, 0.25) is 0 Å². The number of ether oxygens (including phenoxy) is 1. The molecule has 5 nitrogen and oxygen atoms in total. The number of aromatic nitrogens is 1. The van der Waals surface area contributed by atoms with Crippen LogP contribution in [0.2, 0.25) is 0 Å². The fraction of sp³-hybridized carbons (Fsp3) is 0.158. The molecule has 1 N–H and O–H groups in total. The van der Waals surface area contributed by atoms with E-state index in [1.165, 1.54) is 0 Å². The van der Waals surface area contributed by atoms with Crippen LogP contribution < -0.4 is 10.1 Å². The highest BCUT2D eigenvalue weighted by Crippen LogP contribution is 2.23. The van der Waals surface area contributed by atoms with Gasteiger partial charge in [0, 0.05) is 11.6 Å². The third-order valence-corrected chi connectivity index (χ3v) is 3.76. The number of nitrogens with zero attached hydrogens (tertiary/aromatic N) is 1. The van der Waals surface area contributed by atoms with Crippen LogP contribution in [0.4, 0.5) is 0 Å². The first-order valence-corrected chi connectivity index (χ1v) is 7.64. The molecular weight excluding hydrogens is 304 g/mol. The summed E-state index contributed by atoms with van der Waals surface area (Å²) in [4.78, 5) is 12.3. The van der Waals surface area contributed by atoms with Gasteiger partial charge < -0.3 is 14.6 Å². The van der Waals surface area contributed by atoms with Crippen molar-refractivity contribution in [3.05, 3.63) is 71.9 Å². The first kappa shape index (κ1) is 15.8. The van der Waals surface area contributed by atoms with Crippen molar-refractivity contribution in [1.29, 1.82) is 0 Å². The van der Waals surface area contributed by atoms with Crippen LogP contribution in [-0.4, -0.2) is 18.2 Å². The maximum Gasteiger partial charge on any atom is 0.273 e. The van der Waals surface area contributed by atoms with Gasteiger partial charge in [-0.1, -0.05) is 35.5 Å². The fourth-order valence-corrected chi connectivity index (χ4v) is 2.37. The molecule has 0 saturated carbocycles. The van der Waals surface area contributed by atoms with Crippen LogP contribution in [0, 0.1) is 0 Å². The van der Waals surface area contributed by atoms with E-state index in [-0.39, 0.29) is 17.6 Å². The normalized spacial score (nSPS) is 11.8. The second-order valence-electron chi connectivity index (χ2n) is 5.41. The predicted octanol–water partition coefficient (Wildman–Crippen LogP) is 3.84. The molecule has 0 saturated heterocycles. The standard InChI is InChI=1S/C19H18N2O3/c1-13(14-6-4-3-5-7-14)20-19(22)17-12-18(24-21-17)15-8-10-16(23-2)11-9-15/h3-13H,1-2H3,(H,20,22). The van der Waals surface area contributed by atoms with E-state index in [9.17, 15) is 4.79 Å². The minimum atomic E-state index is -0.269. The molecule has 2 aromatic carbocycles. The van der Waals surface area contributed by atoms with Crippen molar-refractivity contribution >= 4 is 5.91 Å². The average Bonchev–Trinajstić information content (AvgIpc) is 3.13. The van der Waals surface area contributed by atoms with Crippen LogP contribution in [-0.2, 0) is 0 Å². The lowest BCUT2D eigenvalue weighted by Gasteiger charge is -2.12. The topological polar surface area (TPSA) is 64.4 Å². The van der Waals surface area contributed by atoms with E-state index in [4.69, 9.17) is 9.26 Å². The van der Waals surface area contributed by atoms with E-state index >= 15 is 0 Å². The number of carbonyl (C=O) groups excluding carboxylic acids is 1. The number of rotatable bonds is 5. The second-order valence-corrected chi connectivity index (χ2v) is 5.41. The van der Waals surface area contributed by atoms with E-state index in [2.05, 4.69) is 10.5 Å². The number of nitrogens with one attached hydrogen (secondary N) is 1. The maximum atomic E-state index is 12.3. The predicted molar refractivity (Wildman–Crippen MR) is 90.8 cm³/mol. The monoisotopic (exact) mass is 322 g/mol. The fourth-order valence-electron chi connectivity index (χ4n) is 2.37. The summed E-state index contributed by atoms with van der Waals surface area (Å²) in [5.74, 6) is 1.03. The molecule has 1 unspecified atom stereocenters. The quantitative estimate of drug-likeness (QED) is 0.775. The van der Waals surface area contributed by atoms with Crippen molar-refractivity contribution in [2.75, 3.05) is 7.11 Å². The molecule has 1 aromatic heterocycles. The molecule has 1 atom stereocenters. The Morgan fingerprint density at radius 1 is 1.12 bits per heavy atom. The Morgan fingerprint density at radius 3 is 2.50 bits per heavy atom. The summed E-state index contributed by atoms with van der Waals surface area (Å²) in [6.07, 6.45) is 0. The lowest BCUT2D eigenvalue weighted by atomic mass is 10.1. The van der Waals surface area contributed by atoms with E-state index in [1.54, 1.807) is 13.2 Å². The van der Waals surface area contributed by atoms with Crippen LogP contribution in [0.25, 0.3) is 11.3 Å².